The molecule has 1 saturated heterocycles. The van der Waals surface area contributed by atoms with Gasteiger partial charge in [0.15, 0.2) is 0 Å². The van der Waals surface area contributed by atoms with Crippen molar-refractivity contribution in [2.24, 2.45) is 0 Å². The van der Waals surface area contributed by atoms with Gasteiger partial charge in [-0.2, -0.15) is 0 Å². The van der Waals surface area contributed by atoms with Gasteiger partial charge in [-0.05, 0) is 26.1 Å². The normalized spacial score (nSPS) is 19.4. The van der Waals surface area contributed by atoms with E-state index in [-0.39, 0.29) is 11.3 Å². The van der Waals surface area contributed by atoms with Crippen LogP contribution in [-0.4, -0.2) is 55.5 Å². The monoisotopic (exact) mass is 292 g/mol. The standard InChI is InChI=1S/C14H20N4O3/c1-10-9-17(7-6-16(10)3)11-4-5-13(18(20)21)12(8-11)14(19)15-2/h4-5,8,10H,6-7,9H2,1-3H3,(H,15,19). The summed E-state index contributed by atoms with van der Waals surface area (Å²) in [6.45, 7) is 4.73. The number of hydrogen-bond acceptors (Lipinski definition) is 5. The molecule has 7 heteroatoms. The van der Waals surface area contributed by atoms with E-state index in [1.165, 1.54) is 13.1 Å². The molecule has 1 aliphatic rings. The second-order valence-corrected chi connectivity index (χ2v) is 5.31. The van der Waals surface area contributed by atoms with Gasteiger partial charge in [-0.3, -0.25) is 14.9 Å². The summed E-state index contributed by atoms with van der Waals surface area (Å²) in [6, 6.07) is 5.12. The Labute approximate surface area is 123 Å². The van der Waals surface area contributed by atoms with Crippen LogP contribution in [0.1, 0.15) is 17.3 Å². The lowest BCUT2D eigenvalue weighted by Crippen LogP contribution is -2.50. The Hall–Kier alpha value is -2.15. The second-order valence-electron chi connectivity index (χ2n) is 5.31. The fourth-order valence-corrected chi connectivity index (χ4v) is 2.48. The van der Waals surface area contributed by atoms with Crippen LogP contribution in [-0.2, 0) is 0 Å². The van der Waals surface area contributed by atoms with Gasteiger partial charge in [0, 0.05) is 44.5 Å². The Balaban J connectivity index is 2.33. The number of carbonyl (C=O) groups excluding carboxylic acids is 1. The molecule has 1 aromatic carbocycles. The lowest BCUT2D eigenvalue weighted by molar-refractivity contribution is -0.385. The molecular formula is C14H20N4O3. The molecule has 114 valence electrons. The molecule has 0 saturated carbocycles. The summed E-state index contributed by atoms with van der Waals surface area (Å²) < 4.78 is 0. The van der Waals surface area contributed by atoms with Gasteiger partial charge < -0.3 is 15.1 Å². The number of carbonyl (C=O) groups is 1. The van der Waals surface area contributed by atoms with E-state index in [0.29, 0.717) is 6.04 Å². The zero-order chi connectivity index (χ0) is 15.6. The first-order valence-corrected chi connectivity index (χ1v) is 6.89. The summed E-state index contributed by atoms with van der Waals surface area (Å²) in [5.41, 5.74) is 0.783. The van der Waals surface area contributed by atoms with Crippen molar-refractivity contribution in [1.29, 1.82) is 0 Å². The zero-order valence-electron chi connectivity index (χ0n) is 12.5. The number of anilines is 1. The van der Waals surface area contributed by atoms with Crippen LogP contribution in [0.25, 0.3) is 0 Å². The number of rotatable bonds is 3. The number of nitro groups is 1. The summed E-state index contributed by atoms with van der Waals surface area (Å²) in [5, 5.41) is 13.5. The maximum atomic E-state index is 11.8. The van der Waals surface area contributed by atoms with E-state index in [9.17, 15) is 14.9 Å². The van der Waals surface area contributed by atoms with Crippen LogP contribution in [0.5, 0.6) is 0 Å². The number of nitrogens with one attached hydrogen (secondary N) is 1. The Kier molecular flexibility index (Phi) is 4.42. The van der Waals surface area contributed by atoms with Crippen LogP contribution in [0, 0.1) is 10.1 Å². The molecule has 21 heavy (non-hydrogen) atoms. The molecule has 7 nitrogen and oxygen atoms in total. The van der Waals surface area contributed by atoms with Crippen LogP contribution in [0.15, 0.2) is 18.2 Å². The minimum atomic E-state index is -0.527. The van der Waals surface area contributed by atoms with Crippen molar-refractivity contribution in [3.63, 3.8) is 0 Å². The zero-order valence-corrected chi connectivity index (χ0v) is 12.5. The van der Waals surface area contributed by atoms with E-state index in [0.717, 1.165) is 25.3 Å². The van der Waals surface area contributed by atoms with Crippen molar-refractivity contribution < 1.29 is 9.72 Å². The topological polar surface area (TPSA) is 78.7 Å². The van der Waals surface area contributed by atoms with Crippen LogP contribution < -0.4 is 10.2 Å². The number of benzene rings is 1. The second kappa shape index (κ2) is 6.09. The molecule has 1 aliphatic heterocycles. The molecule has 1 N–H and O–H groups in total. The number of nitrogens with zero attached hydrogens (tertiary/aromatic N) is 3. The number of likely N-dealkylation sites (N-methyl/N-ethyl adjacent to an activating group) is 1. The molecule has 0 spiro atoms. The van der Waals surface area contributed by atoms with E-state index in [2.05, 4.69) is 29.1 Å². The maximum Gasteiger partial charge on any atom is 0.282 e. The molecule has 1 aromatic rings. The lowest BCUT2D eigenvalue weighted by Gasteiger charge is -2.39. The first kappa shape index (κ1) is 15.2. The SMILES string of the molecule is CNC(=O)c1cc(N2CCN(C)C(C)C2)ccc1[N+](=O)[O-]. The van der Waals surface area contributed by atoms with Crippen molar-refractivity contribution >= 4 is 17.3 Å². The highest BCUT2D eigenvalue weighted by Gasteiger charge is 2.24. The fraction of sp³-hybridized carbons (Fsp3) is 0.500. The van der Waals surface area contributed by atoms with Crippen molar-refractivity contribution in [3.05, 3.63) is 33.9 Å². The minimum absolute atomic E-state index is 0.103. The van der Waals surface area contributed by atoms with E-state index >= 15 is 0 Å². The molecule has 1 unspecified atom stereocenters. The van der Waals surface area contributed by atoms with E-state index in [1.54, 1.807) is 12.1 Å². The van der Waals surface area contributed by atoms with E-state index < -0.39 is 10.8 Å². The average Bonchev–Trinajstić information content (AvgIpc) is 2.48. The van der Waals surface area contributed by atoms with Gasteiger partial charge in [0.2, 0.25) is 0 Å². The Bertz CT molecular complexity index is 561. The van der Waals surface area contributed by atoms with Crippen LogP contribution in [0.3, 0.4) is 0 Å². The van der Waals surface area contributed by atoms with Crippen LogP contribution in [0.4, 0.5) is 11.4 Å². The largest absolute Gasteiger partial charge is 0.369 e. The van der Waals surface area contributed by atoms with Crippen molar-refractivity contribution in [3.8, 4) is 0 Å². The van der Waals surface area contributed by atoms with Crippen molar-refractivity contribution in [2.45, 2.75) is 13.0 Å². The number of amides is 1. The molecule has 0 aromatic heterocycles. The number of piperazine rings is 1. The minimum Gasteiger partial charge on any atom is -0.369 e. The highest BCUT2D eigenvalue weighted by Crippen LogP contribution is 2.26. The fourth-order valence-electron chi connectivity index (χ4n) is 2.48. The summed E-state index contributed by atoms with van der Waals surface area (Å²) in [4.78, 5) is 26.8. The molecule has 1 heterocycles. The summed E-state index contributed by atoms with van der Waals surface area (Å²) in [7, 11) is 3.55. The molecule has 1 atom stereocenters. The van der Waals surface area contributed by atoms with Crippen molar-refractivity contribution in [2.75, 3.05) is 38.6 Å². The Morgan fingerprint density at radius 3 is 2.71 bits per heavy atom. The highest BCUT2D eigenvalue weighted by molar-refractivity contribution is 5.99. The first-order chi connectivity index (χ1) is 9.93. The Morgan fingerprint density at radius 2 is 2.14 bits per heavy atom. The first-order valence-electron chi connectivity index (χ1n) is 6.89. The van der Waals surface area contributed by atoms with E-state index in [4.69, 9.17) is 0 Å². The average molecular weight is 292 g/mol. The predicted octanol–water partition coefficient (Wildman–Crippen LogP) is 1.09. The summed E-state index contributed by atoms with van der Waals surface area (Å²) >= 11 is 0. The smallest absolute Gasteiger partial charge is 0.282 e. The van der Waals surface area contributed by atoms with Gasteiger partial charge in [-0.15, -0.1) is 0 Å². The van der Waals surface area contributed by atoms with Gasteiger partial charge in [0.05, 0.1) is 4.92 Å². The quantitative estimate of drug-likeness (QED) is 0.666. The van der Waals surface area contributed by atoms with Gasteiger partial charge in [-0.25, -0.2) is 0 Å². The van der Waals surface area contributed by atoms with Gasteiger partial charge >= 0.3 is 0 Å². The molecule has 0 bridgehead atoms. The molecule has 1 amide bonds. The van der Waals surface area contributed by atoms with Gasteiger partial charge in [-0.1, -0.05) is 0 Å². The summed E-state index contributed by atoms with van der Waals surface area (Å²) in [6.07, 6.45) is 0. The highest BCUT2D eigenvalue weighted by atomic mass is 16.6. The number of nitro benzene ring substituents is 1. The predicted molar refractivity (Wildman–Crippen MR) is 80.8 cm³/mol. The van der Waals surface area contributed by atoms with Gasteiger partial charge in [0.1, 0.15) is 5.56 Å². The lowest BCUT2D eigenvalue weighted by atomic mass is 10.1. The molecule has 0 radical (unpaired) electrons. The van der Waals surface area contributed by atoms with Crippen LogP contribution >= 0.6 is 0 Å². The Morgan fingerprint density at radius 1 is 1.43 bits per heavy atom. The third kappa shape index (κ3) is 3.13. The molecular weight excluding hydrogens is 272 g/mol. The number of hydrogen-bond donors (Lipinski definition) is 1. The summed E-state index contributed by atoms with van der Waals surface area (Å²) in [5.74, 6) is -0.439. The molecule has 0 aliphatic carbocycles. The maximum absolute atomic E-state index is 11.8. The van der Waals surface area contributed by atoms with Gasteiger partial charge in [0.25, 0.3) is 11.6 Å². The third-order valence-electron chi connectivity index (χ3n) is 3.97. The molecule has 2 rings (SSSR count). The van der Waals surface area contributed by atoms with Crippen LogP contribution in [0.2, 0.25) is 0 Å². The van der Waals surface area contributed by atoms with E-state index in [1.807, 2.05) is 0 Å². The third-order valence-corrected chi connectivity index (χ3v) is 3.97. The molecule has 1 fully saturated rings. The van der Waals surface area contributed by atoms with Crippen molar-refractivity contribution in [1.82, 2.24) is 10.2 Å².